The summed E-state index contributed by atoms with van der Waals surface area (Å²) in [6.07, 6.45) is 0. The zero-order valence-corrected chi connectivity index (χ0v) is 7.26. The van der Waals surface area contributed by atoms with Gasteiger partial charge in [-0.3, -0.25) is 5.10 Å². The van der Waals surface area contributed by atoms with E-state index in [1.165, 1.54) is 0 Å². The highest BCUT2D eigenvalue weighted by Gasteiger charge is 2.07. The lowest BCUT2D eigenvalue weighted by Gasteiger charge is -1.95. The average Bonchev–Trinajstić information content (AvgIpc) is 2.31. The average molecular weight is 181 g/mol. The van der Waals surface area contributed by atoms with Crippen LogP contribution in [0.5, 0.6) is 0 Å². The SMILES string of the molecule is Cc1n[nH]c2nc(N)nc(S)c12. The summed E-state index contributed by atoms with van der Waals surface area (Å²) in [5.74, 6) is 0.205. The number of nitrogen functional groups attached to an aromatic ring is 1. The number of aromatic amines is 1. The van der Waals surface area contributed by atoms with E-state index < -0.39 is 0 Å². The van der Waals surface area contributed by atoms with Crippen molar-refractivity contribution in [1.29, 1.82) is 0 Å². The summed E-state index contributed by atoms with van der Waals surface area (Å²) in [7, 11) is 0. The van der Waals surface area contributed by atoms with Gasteiger partial charge in [0.2, 0.25) is 5.95 Å². The molecule has 0 saturated carbocycles. The maximum Gasteiger partial charge on any atom is 0.223 e. The number of nitrogens with two attached hydrogens (primary N) is 1. The van der Waals surface area contributed by atoms with Crippen LogP contribution in [0.25, 0.3) is 11.0 Å². The minimum atomic E-state index is 0.205. The molecule has 0 unspecified atom stereocenters. The minimum absolute atomic E-state index is 0.205. The van der Waals surface area contributed by atoms with E-state index >= 15 is 0 Å². The van der Waals surface area contributed by atoms with Gasteiger partial charge >= 0.3 is 0 Å². The van der Waals surface area contributed by atoms with Gasteiger partial charge < -0.3 is 5.73 Å². The number of aryl methyl sites for hydroxylation is 1. The molecule has 3 N–H and O–H groups in total. The zero-order valence-electron chi connectivity index (χ0n) is 6.37. The molecule has 0 aromatic carbocycles. The predicted molar refractivity (Wildman–Crippen MR) is 48.1 cm³/mol. The molecule has 2 heterocycles. The highest BCUT2D eigenvalue weighted by molar-refractivity contribution is 7.80. The molecule has 0 fully saturated rings. The van der Waals surface area contributed by atoms with Crippen molar-refractivity contribution in [3.63, 3.8) is 0 Å². The fraction of sp³-hybridized carbons (Fsp3) is 0.167. The Bertz CT molecular complexity index is 435. The van der Waals surface area contributed by atoms with Crippen LogP contribution < -0.4 is 5.73 Å². The first-order valence-electron chi connectivity index (χ1n) is 3.35. The molecule has 12 heavy (non-hydrogen) atoms. The Morgan fingerprint density at radius 1 is 1.42 bits per heavy atom. The zero-order chi connectivity index (χ0) is 8.72. The van der Waals surface area contributed by atoms with Crippen molar-refractivity contribution in [1.82, 2.24) is 20.2 Å². The second kappa shape index (κ2) is 2.34. The van der Waals surface area contributed by atoms with E-state index in [0.717, 1.165) is 11.1 Å². The predicted octanol–water partition coefficient (Wildman–Crippen LogP) is 0.532. The molecule has 0 atom stereocenters. The van der Waals surface area contributed by atoms with Crippen LogP contribution in [0, 0.1) is 6.92 Å². The Morgan fingerprint density at radius 3 is 2.92 bits per heavy atom. The van der Waals surface area contributed by atoms with Crippen molar-refractivity contribution < 1.29 is 0 Å². The normalized spacial score (nSPS) is 10.8. The van der Waals surface area contributed by atoms with Crippen LogP contribution in [0.3, 0.4) is 0 Å². The summed E-state index contributed by atoms with van der Waals surface area (Å²) in [4.78, 5) is 7.86. The number of hydrogen-bond acceptors (Lipinski definition) is 5. The van der Waals surface area contributed by atoms with Gasteiger partial charge in [0.05, 0.1) is 11.1 Å². The Morgan fingerprint density at radius 2 is 2.17 bits per heavy atom. The van der Waals surface area contributed by atoms with Crippen molar-refractivity contribution >= 4 is 29.6 Å². The smallest absolute Gasteiger partial charge is 0.223 e. The molecule has 2 rings (SSSR count). The van der Waals surface area contributed by atoms with Crippen LogP contribution in [0.2, 0.25) is 0 Å². The molecule has 2 aromatic heterocycles. The second-order valence-corrected chi connectivity index (χ2v) is 2.86. The van der Waals surface area contributed by atoms with Crippen LogP contribution in [0.15, 0.2) is 5.03 Å². The van der Waals surface area contributed by atoms with Gasteiger partial charge in [-0.05, 0) is 6.92 Å². The molecule has 5 nitrogen and oxygen atoms in total. The summed E-state index contributed by atoms with van der Waals surface area (Å²) >= 11 is 4.16. The number of H-pyrrole nitrogens is 1. The van der Waals surface area contributed by atoms with E-state index in [9.17, 15) is 0 Å². The summed E-state index contributed by atoms with van der Waals surface area (Å²) in [5.41, 5.74) is 6.87. The third-order valence-electron chi connectivity index (χ3n) is 1.60. The van der Waals surface area contributed by atoms with E-state index in [0.29, 0.717) is 10.7 Å². The Hall–Kier alpha value is -1.30. The third kappa shape index (κ3) is 0.918. The van der Waals surface area contributed by atoms with E-state index in [4.69, 9.17) is 5.73 Å². The van der Waals surface area contributed by atoms with Crippen molar-refractivity contribution in [3.8, 4) is 0 Å². The quantitative estimate of drug-likeness (QED) is 0.409. The van der Waals surface area contributed by atoms with Gasteiger partial charge in [0.1, 0.15) is 5.03 Å². The molecule has 6 heteroatoms. The van der Waals surface area contributed by atoms with E-state index in [1.54, 1.807) is 0 Å². The summed E-state index contributed by atoms with van der Waals surface area (Å²) in [5, 5.41) is 8.09. The summed E-state index contributed by atoms with van der Waals surface area (Å²) in [6, 6.07) is 0. The maximum atomic E-state index is 5.42. The molecule has 0 aliphatic rings. The third-order valence-corrected chi connectivity index (χ3v) is 1.92. The van der Waals surface area contributed by atoms with E-state index in [-0.39, 0.29) is 5.95 Å². The lowest BCUT2D eigenvalue weighted by Crippen LogP contribution is -1.95. The molecule has 0 bridgehead atoms. The first kappa shape index (κ1) is 7.35. The van der Waals surface area contributed by atoms with Crippen LogP contribution >= 0.6 is 12.6 Å². The lowest BCUT2D eigenvalue weighted by atomic mass is 10.3. The van der Waals surface area contributed by atoms with Crippen molar-refractivity contribution in [2.75, 3.05) is 5.73 Å². The Labute approximate surface area is 73.8 Å². The van der Waals surface area contributed by atoms with Crippen molar-refractivity contribution in [2.45, 2.75) is 11.9 Å². The second-order valence-electron chi connectivity index (χ2n) is 2.44. The first-order valence-corrected chi connectivity index (χ1v) is 3.80. The van der Waals surface area contributed by atoms with Gasteiger partial charge in [-0.2, -0.15) is 10.1 Å². The summed E-state index contributed by atoms with van der Waals surface area (Å²) < 4.78 is 0. The number of aromatic nitrogens is 4. The van der Waals surface area contributed by atoms with Gasteiger partial charge in [0, 0.05) is 0 Å². The number of anilines is 1. The monoisotopic (exact) mass is 181 g/mol. The lowest BCUT2D eigenvalue weighted by molar-refractivity contribution is 1.05. The van der Waals surface area contributed by atoms with E-state index in [1.807, 2.05) is 6.92 Å². The van der Waals surface area contributed by atoms with Gasteiger partial charge in [-0.1, -0.05) is 0 Å². The molecule has 0 spiro atoms. The van der Waals surface area contributed by atoms with E-state index in [2.05, 4.69) is 32.8 Å². The van der Waals surface area contributed by atoms with Crippen LogP contribution in [-0.4, -0.2) is 20.2 Å². The van der Waals surface area contributed by atoms with Crippen LogP contribution in [-0.2, 0) is 0 Å². The Kier molecular flexibility index (Phi) is 1.44. The van der Waals surface area contributed by atoms with Gasteiger partial charge in [0.25, 0.3) is 0 Å². The number of nitrogens with one attached hydrogen (secondary N) is 1. The molecule has 0 aliphatic heterocycles. The maximum absolute atomic E-state index is 5.42. The number of rotatable bonds is 0. The number of hydrogen-bond donors (Lipinski definition) is 3. The molecule has 62 valence electrons. The molecular weight excluding hydrogens is 174 g/mol. The number of nitrogens with zero attached hydrogens (tertiary/aromatic N) is 3. The highest BCUT2D eigenvalue weighted by Crippen LogP contribution is 2.20. The first-order chi connectivity index (χ1) is 5.68. The number of fused-ring (bicyclic) bond motifs is 1. The van der Waals surface area contributed by atoms with Crippen LogP contribution in [0.4, 0.5) is 5.95 Å². The van der Waals surface area contributed by atoms with Gasteiger partial charge in [-0.25, -0.2) is 4.98 Å². The largest absolute Gasteiger partial charge is 0.368 e. The van der Waals surface area contributed by atoms with Crippen LogP contribution in [0.1, 0.15) is 5.69 Å². The number of thiol groups is 1. The highest BCUT2D eigenvalue weighted by atomic mass is 32.1. The summed E-state index contributed by atoms with van der Waals surface area (Å²) in [6.45, 7) is 1.86. The molecule has 0 radical (unpaired) electrons. The molecular formula is C6H7N5S. The van der Waals surface area contributed by atoms with Crippen molar-refractivity contribution in [3.05, 3.63) is 5.69 Å². The Balaban J connectivity index is 2.93. The molecule has 2 aromatic rings. The standard InChI is InChI=1S/C6H7N5S/c1-2-3-4(11-10-2)8-6(7)9-5(3)12/h1H3,(H4,7,8,9,10,11,12). The fourth-order valence-electron chi connectivity index (χ4n) is 1.07. The minimum Gasteiger partial charge on any atom is -0.368 e. The van der Waals surface area contributed by atoms with Crippen molar-refractivity contribution in [2.24, 2.45) is 0 Å². The topological polar surface area (TPSA) is 80.5 Å². The van der Waals surface area contributed by atoms with Gasteiger partial charge in [0.15, 0.2) is 5.65 Å². The fourth-order valence-corrected chi connectivity index (χ4v) is 1.44. The molecule has 0 amide bonds. The molecule has 0 aliphatic carbocycles. The molecule has 0 saturated heterocycles. The van der Waals surface area contributed by atoms with Gasteiger partial charge in [-0.15, -0.1) is 12.6 Å².